The molecule has 3 rings (SSSR count). The molecule has 0 atom stereocenters. The van der Waals surface area contributed by atoms with Gasteiger partial charge in [0.05, 0.1) is 37.6 Å². The smallest absolute Gasteiger partial charge is 0.338 e. The van der Waals surface area contributed by atoms with Crippen LogP contribution in [-0.2, 0) is 36.5 Å². The van der Waals surface area contributed by atoms with Crippen molar-refractivity contribution >= 4 is 27.6 Å². The van der Waals surface area contributed by atoms with E-state index in [1.165, 1.54) is 20.3 Å². The minimum Gasteiger partial charge on any atom is -0.486 e. The number of esters is 2. The number of fused-ring (bicyclic) bond motifs is 1. The summed E-state index contributed by atoms with van der Waals surface area (Å²) in [7, 11) is -1.54. The van der Waals surface area contributed by atoms with Gasteiger partial charge in [-0.3, -0.25) is 9.52 Å². The summed E-state index contributed by atoms with van der Waals surface area (Å²) in [6.07, 6.45) is -0.0961. The Balaban J connectivity index is 1.97. The van der Waals surface area contributed by atoms with Gasteiger partial charge in [0.15, 0.2) is 11.5 Å². The normalized spacial score (nSPS) is 12.7. The molecule has 2 aromatic rings. The lowest BCUT2D eigenvalue weighted by atomic mass is 10.1. The van der Waals surface area contributed by atoms with E-state index in [1.807, 2.05) is 6.92 Å². The summed E-state index contributed by atoms with van der Waals surface area (Å²) in [5.74, 6) is -1.20. The van der Waals surface area contributed by atoms with Crippen molar-refractivity contribution < 1.29 is 37.0 Å². The fourth-order valence-corrected chi connectivity index (χ4v) is 4.48. The highest BCUT2D eigenvalue weighted by Gasteiger charge is 2.27. The van der Waals surface area contributed by atoms with E-state index in [1.54, 1.807) is 24.3 Å². The Morgan fingerprint density at radius 3 is 2.52 bits per heavy atom. The molecule has 0 aromatic heterocycles. The molecule has 9 nitrogen and oxygen atoms in total. The second kappa shape index (κ2) is 9.25. The van der Waals surface area contributed by atoms with Gasteiger partial charge in [-0.25, -0.2) is 13.2 Å². The molecule has 0 bridgehead atoms. The second-order valence-corrected chi connectivity index (χ2v) is 8.60. The van der Waals surface area contributed by atoms with Gasteiger partial charge >= 0.3 is 11.9 Å². The minimum atomic E-state index is -4.01. The maximum absolute atomic E-state index is 13.0. The molecule has 0 unspecified atom stereocenters. The first-order valence-electron chi connectivity index (χ1n) is 9.40. The van der Waals surface area contributed by atoms with E-state index >= 15 is 0 Å². The van der Waals surface area contributed by atoms with E-state index < -0.39 is 27.7 Å². The molecule has 2 aromatic carbocycles. The van der Waals surface area contributed by atoms with Crippen LogP contribution in [0.4, 0.5) is 5.69 Å². The highest BCUT2D eigenvalue weighted by molar-refractivity contribution is 7.91. The molecule has 0 amide bonds. The predicted octanol–water partition coefficient (Wildman–Crippen LogP) is 2.21. The average molecular weight is 449 g/mol. The van der Waals surface area contributed by atoms with E-state index in [0.29, 0.717) is 17.9 Å². The fourth-order valence-electron chi connectivity index (χ4n) is 3.21. The molecule has 31 heavy (non-hydrogen) atoms. The standard InChI is InChI=1S/C21H23NO8S/c1-13-4-6-17(14(10-13)11-19(23)27-2)22-31(25,26)12-16-15(21(24)28-3)5-7-18-20(16)30-9-8-29-18/h4-7,10,22H,8-9,11-12H2,1-3H3. The van der Waals surface area contributed by atoms with Crippen molar-refractivity contribution in [1.82, 2.24) is 0 Å². The number of hydrogen-bond donors (Lipinski definition) is 1. The maximum atomic E-state index is 13.0. The number of rotatable bonds is 7. The van der Waals surface area contributed by atoms with Gasteiger partial charge in [0.2, 0.25) is 10.0 Å². The van der Waals surface area contributed by atoms with Gasteiger partial charge in [-0.15, -0.1) is 0 Å². The van der Waals surface area contributed by atoms with E-state index in [4.69, 9.17) is 18.9 Å². The van der Waals surface area contributed by atoms with Crippen molar-refractivity contribution in [3.8, 4) is 11.5 Å². The summed E-state index contributed by atoms with van der Waals surface area (Å²) in [5, 5.41) is 0. The lowest BCUT2D eigenvalue weighted by Gasteiger charge is -2.23. The molecular formula is C21H23NO8S. The maximum Gasteiger partial charge on any atom is 0.338 e. The summed E-state index contributed by atoms with van der Waals surface area (Å²) in [6.45, 7) is 2.36. The van der Waals surface area contributed by atoms with Gasteiger partial charge in [0.1, 0.15) is 13.2 Å². The second-order valence-electron chi connectivity index (χ2n) is 6.88. The van der Waals surface area contributed by atoms with Gasteiger partial charge in [0, 0.05) is 5.56 Å². The Bertz CT molecular complexity index is 1110. The Morgan fingerprint density at radius 1 is 1.06 bits per heavy atom. The van der Waals surface area contributed by atoms with E-state index in [0.717, 1.165) is 5.56 Å². The third kappa shape index (κ3) is 5.26. The zero-order valence-corrected chi connectivity index (χ0v) is 18.2. The van der Waals surface area contributed by atoms with Crippen LogP contribution >= 0.6 is 0 Å². The van der Waals surface area contributed by atoms with Crippen LogP contribution in [-0.4, -0.2) is 47.8 Å². The summed E-state index contributed by atoms with van der Waals surface area (Å²) in [4.78, 5) is 24.0. The van der Waals surface area contributed by atoms with Crippen molar-refractivity contribution in [3.05, 3.63) is 52.6 Å². The first kappa shape index (κ1) is 22.4. The number of aryl methyl sites for hydroxylation is 1. The van der Waals surface area contributed by atoms with Crippen LogP contribution in [0, 0.1) is 6.92 Å². The number of methoxy groups -OCH3 is 2. The third-order valence-electron chi connectivity index (χ3n) is 4.64. The fraction of sp³-hybridized carbons (Fsp3) is 0.333. The molecule has 1 heterocycles. The number of carbonyl (C=O) groups excluding carboxylic acids is 2. The highest BCUT2D eigenvalue weighted by atomic mass is 32.2. The number of nitrogens with one attached hydrogen (secondary N) is 1. The van der Waals surface area contributed by atoms with Crippen LogP contribution in [0.1, 0.15) is 27.0 Å². The zero-order chi connectivity index (χ0) is 22.6. The summed E-state index contributed by atoms with van der Waals surface area (Å²) < 4.78 is 49.2. The molecule has 1 aliphatic heterocycles. The van der Waals surface area contributed by atoms with Crippen LogP contribution in [0.3, 0.4) is 0 Å². The Hall–Kier alpha value is -3.27. The van der Waals surface area contributed by atoms with Gasteiger partial charge in [-0.1, -0.05) is 17.7 Å². The van der Waals surface area contributed by atoms with Crippen LogP contribution in [0.25, 0.3) is 0 Å². The number of benzene rings is 2. The minimum absolute atomic E-state index is 0.0656. The summed E-state index contributed by atoms with van der Waals surface area (Å²) in [5.41, 5.74) is 1.78. The molecule has 166 valence electrons. The van der Waals surface area contributed by atoms with Crippen molar-refractivity contribution in [2.75, 3.05) is 32.2 Å². The molecule has 0 aliphatic carbocycles. The number of anilines is 1. The molecular weight excluding hydrogens is 426 g/mol. The van der Waals surface area contributed by atoms with Crippen LogP contribution in [0.2, 0.25) is 0 Å². The predicted molar refractivity (Wildman–Crippen MR) is 112 cm³/mol. The Kier molecular flexibility index (Phi) is 6.69. The molecule has 10 heteroatoms. The topological polar surface area (TPSA) is 117 Å². The summed E-state index contributed by atoms with van der Waals surface area (Å²) in [6, 6.07) is 7.99. The first-order valence-corrected chi connectivity index (χ1v) is 11.1. The van der Waals surface area contributed by atoms with E-state index in [-0.39, 0.29) is 35.6 Å². The molecule has 0 saturated heterocycles. The van der Waals surface area contributed by atoms with E-state index in [2.05, 4.69) is 4.72 Å². The SMILES string of the molecule is COC(=O)Cc1cc(C)ccc1NS(=O)(=O)Cc1c(C(=O)OC)ccc2c1OCCO2. The lowest BCUT2D eigenvalue weighted by Crippen LogP contribution is -2.22. The number of sulfonamides is 1. The zero-order valence-electron chi connectivity index (χ0n) is 17.4. The molecule has 0 spiro atoms. The quantitative estimate of drug-likeness (QED) is 0.640. The largest absolute Gasteiger partial charge is 0.486 e. The highest BCUT2D eigenvalue weighted by Crippen LogP contribution is 2.37. The summed E-state index contributed by atoms with van der Waals surface area (Å²) >= 11 is 0. The van der Waals surface area contributed by atoms with Crippen LogP contribution < -0.4 is 14.2 Å². The Labute approximate surface area is 180 Å². The molecule has 0 fully saturated rings. The first-order chi connectivity index (χ1) is 14.7. The Morgan fingerprint density at radius 2 is 1.81 bits per heavy atom. The van der Waals surface area contributed by atoms with Gasteiger partial charge in [-0.2, -0.15) is 0 Å². The lowest BCUT2D eigenvalue weighted by molar-refractivity contribution is -0.139. The molecule has 0 saturated carbocycles. The third-order valence-corrected chi connectivity index (χ3v) is 5.84. The van der Waals surface area contributed by atoms with E-state index in [9.17, 15) is 18.0 Å². The van der Waals surface area contributed by atoms with Gasteiger partial charge in [0.25, 0.3) is 0 Å². The van der Waals surface area contributed by atoms with Crippen molar-refractivity contribution in [2.24, 2.45) is 0 Å². The number of carbonyl (C=O) groups is 2. The molecule has 0 radical (unpaired) electrons. The molecule has 1 N–H and O–H groups in total. The van der Waals surface area contributed by atoms with Crippen molar-refractivity contribution in [2.45, 2.75) is 19.1 Å². The number of ether oxygens (including phenoxy) is 4. The monoisotopic (exact) mass is 449 g/mol. The van der Waals surface area contributed by atoms with Crippen molar-refractivity contribution in [1.29, 1.82) is 0 Å². The number of hydrogen-bond acceptors (Lipinski definition) is 8. The molecule has 1 aliphatic rings. The van der Waals surface area contributed by atoms with Crippen molar-refractivity contribution in [3.63, 3.8) is 0 Å². The van der Waals surface area contributed by atoms with Gasteiger partial charge in [-0.05, 0) is 30.7 Å². The van der Waals surface area contributed by atoms with Crippen LogP contribution in [0.15, 0.2) is 30.3 Å². The van der Waals surface area contributed by atoms with Crippen LogP contribution in [0.5, 0.6) is 11.5 Å². The average Bonchev–Trinajstić information content (AvgIpc) is 2.75. The van der Waals surface area contributed by atoms with Gasteiger partial charge < -0.3 is 18.9 Å².